The van der Waals surface area contributed by atoms with Crippen LogP contribution in [0.3, 0.4) is 0 Å². The van der Waals surface area contributed by atoms with E-state index in [0.717, 1.165) is 6.54 Å². The number of nitrogens with zero attached hydrogens (tertiary/aromatic N) is 2. The number of hydrogen-bond acceptors (Lipinski definition) is 1. The van der Waals surface area contributed by atoms with Gasteiger partial charge in [-0.05, 0) is 18.4 Å². The summed E-state index contributed by atoms with van der Waals surface area (Å²) in [7, 11) is 0. The Morgan fingerprint density at radius 2 is 2.09 bits per heavy atom. The first-order valence-electron chi connectivity index (χ1n) is 3.97. The molecule has 11 heavy (non-hydrogen) atoms. The maximum Gasteiger partial charge on any atom is 0.0492 e. The molecule has 0 aromatic carbocycles. The summed E-state index contributed by atoms with van der Waals surface area (Å²) in [6, 6.07) is 2.03. The van der Waals surface area contributed by atoms with Gasteiger partial charge in [-0.15, -0.1) is 0 Å². The van der Waals surface area contributed by atoms with Crippen molar-refractivity contribution in [3.05, 3.63) is 18.0 Å². The van der Waals surface area contributed by atoms with Crippen molar-refractivity contribution < 1.29 is 0 Å². The van der Waals surface area contributed by atoms with E-state index in [1.807, 2.05) is 16.9 Å². The van der Waals surface area contributed by atoms with Crippen molar-refractivity contribution in [3.8, 4) is 0 Å². The van der Waals surface area contributed by atoms with Crippen LogP contribution in [0.5, 0.6) is 0 Å². The van der Waals surface area contributed by atoms with E-state index in [4.69, 9.17) is 0 Å². The Kier molecular flexibility index (Phi) is 2.03. The summed E-state index contributed by atoms with van der Waals surface area (Å²) in [5, 5.41) is 4.22. The van der Waals surface area contributed by atoms with E-state index in [2.05, 4.69) is 32.8 Å². The zero-order valence-electron chi connectivity index (χ0n) is 7.76. The second-order valence-electron chi connectivity index (χ2n) is 4.19. The maximum absolute atomic E-state index is 4.22. The summed E-state index contributed by atoms with van der Waals surface area (Å²) in [6.07, 6.45) is 1.85. The second kappa shape index (κ2) is 2.68. The highest BCUT2D eigenvalue weighted by Crippen LogP contribution is 2.16. The van der Waals surface area contributed by atoms with E-state index in [1.165, 1.54) is 5.69 Å². The molecule has 2 heteroatoms. The highest BCUT2D eigenvalue weighted by atomic mass is 15.3. The predicted octanol–water partition coefficient (Wildman–Crippen LogP) is 2.24. The molecule has 0 N–H and O–H groups in total. The van der Waals surface area contributed by atoms with Crippen molar-refractivity contribution in [2.24, 2.45) is 5.41 Å². The van der Waals surface area contributed by atoms with E-state index in [1.54, 1.807) is 0 Å². The van der Waals surface area contributed by atoms with Gasteiger partial charge in [0.25, 0.3) is 0 Å². The average Bonchev–Trinajstić information content (AvgIpc) is 2.12. The van der Waals surface area contributed by atoms with Gasteiger partial charge in [0, 0.05) is 18.4 Å². The van der Waals surface area contributed by atoms with Crippen molar-refractivity contribution in [1.82, 2.24) is 9.78 Å². The topological polar surface area (TPSA) is 17.8 Å². The zero-order chi connectivity index (χ0) is 8.48. The molecule has 0 unspecified atom stereocenters. The van der Waals surface area contributed by atoms with Crippen LogP contribution in [0.15, 0.2) is 12.3 Å². The largest absolute Gasteiger partial charge is 0.269 e. The molecule has 0 spiro atoms. The summed E-state index contributed by atoms with van der Waals surface area (Å²) in [5.74, 6) is 0. The fourth-order valence-corrected chi connectivity index (χ4v) is 1.01. The van der Waals surface area contributed by atoms with Crippen LogP contribution in [0.25, 0.3) is 0 Å². The van der Waals surface area contributed by atoms with Crippen molar-refractivity contribution >= 4 is 0 Å². The third-order valence-corrected chi connectivity index (χ3v) is 1.55. The Hall–Kier alpha value is -0.790. The molecule has 0 aliphatic carbocycles. The van der Waals surface area contributed by atoms with Crippen LogP contribution in [0.1, 0.15) is 26.5 Å². The highest BCUT2D eigenvalue weighted by molar-refractivity contribution is 4.96. The van der Waals surface area contributed by atoms with Crippen molar-refractivity contribution in [3.63, 3.8) is 0 Å². The first kappa shape index (κ1) is 8.31. The van der Waals surface area contributed by atoms with Gasteiger partial charge in [0.1, 0.15) is 0 Å². The molecule has 0 radical (unpaired) electrons. The van der Waals surface area contributed by atoms with E-state index >= 15 is 0 Å². The lowest BCUT2D eigenvalue weighted by Gasteiger charge is -2.18. The molecule has 0 saturated heterocycles. The number of aryl methyl sites for hydroxylation is 1. The number of aromatic nitrogens is 2. The predicted molar refractivity (Wildman–Crippen MR) is 46.4 cm³/mol. The fraction of sp³-hybridized carbons (Fsp3) is 0.667. The monoisotopic (exact) mass is 152 g/mol. The molecule has 0 atom stereocenters. The average molecular weight is 152 g/mol. The van der Waals surface area contributed by atoms with Gasteiger partial charge in [-0.1, -0.05) is 20.8 Å². The molecular weight excluding hydrogens is 136 g/mol. The van der Waals surface area contributed by atoms with Crippen molar-refractivity contribution in [2.45, 2.75) is 34.2 Å². The summed E-state index contributed by atoms with van der Waals surface area (Å²) in [6.45, 7) is 9.72. The van der Waals surface area contributed by atoms with E-state index in [0.29, 0.717) is 5.41 Å². The summed E-state index contributed by atoms with van der Waals surface area (Å²) in [4.78, 5) is 0. The van der Waals surface area contributed by atoms with Gasteiger partial charge >= 0.3 is 0 Å². The van der Waals surface area contributed by atoms with E-state index in [9.17, 15) is 0 Å². The number of rotatable bonds is 1. The molecule has 0 amide bonds. The maximum atomic E-state index is 4.22. The third-order valence-electron chi connectivity index (χ3n) is 1.55. The van der Waals surface area contributed by atoms with Gasteiger partial charge in [0.2, 0.25) is 0 Å². The Morgan fingerprint density at radius 3 is 2.45 bits per heavy atom. The van der Waals surface area contributed by atoms with Crippen LogP contribution in [-0.4, -0.2) is 9.78 Å². The Bertz CT molecular complexity index is 230. The molecule has 1 aromatic heterocycles. The lowest BCUT2D eigenvalue weighted by Crippen LogP contribution is -2.17. The normalized spacial score (nSPS) is 12.0. The minimum absolute atomic E-state index is 0.316. The van der Waals surface area contributed by atoms with Crippen LogP contribution < -0.4 is 0 Å². The lowest BCUT2D eigenvalue weighted by atomic mass is 9.97. The molecule has 0 fully saturated rings. The highest BCUT2D eigenvalue weighted by Gasteiger charge is 2.11. The summed E-state index contributed by atoms with van der Waals surface area (Å²) in [5.41, 5.74) is 1.55. The molecule has 1 rings (SSSR count). The van der Waals surface area contributed by atoms with Crippen LogP contribution in [0.4, 0.5) is 0 Å². The number of hydrogen-bond donors (Lipinski definition) is 0. The van der Waals surface area contributed by atoms with Crippen LogP contribution in [0.2, 0.25) is 0 Å². The first-order chi connectivity index (χ1) is 4.99. The Labute approximate surface area is 68.2 Å². The molecular formula is C9H16N2. The van der Waals surface area contributed by atoms with Crippen LogP contribution >= 0.6 is 0 Å². The Balaban J connectivity index is 2.72. The molecule has 0 aliphatic heterocycles. The smallest absolute Gasteiger partial charge is 0.0492 e. The van der Waals surface area contributed by atoms with E-state index in [-0.39, 0.29) is 0 Å². The quantitative estimate of drug-likeness (QED) is 0.603. The van der Waals surface area contributed by atoms with Gasteiger partial charge < -0.3 is 0 Å². The third kappa shape index (κ3) is 2.37. The molecule has 2 nitrogen and oxygen atoms in total. The van der Waals surface area contributed by atoms with Crippen molar-refractivity contribution in [2.75, 3.05) is 0 Å². The lowest BCUT2D eigenvalue weighted by molar-refractivity contribution is 0.321. The van der Waals surface area contributed by atoms with Gasteiger partial charge in [-0.3, -0.25) is 4.68 Å². The zero-order valence-corrected chi connectivity index (χ0v) is 7.76. The van der Waals surface area contributed by atoms with Gasteiger partial charge in [0.05, 0.1) is 0 Å². The van der Waals surface area contributed by atoms with Gasteiger partial charge in [-0.2, -0.15) is 5.10 Å². The van der Waals surface area contributed by atoms with Gasteiger partial charge in [-0.25, -0.2) is 0 Å². The summed E-state index contributed by atoms with van der Waals surface area (Å²) < 4.78 is 2.04. The molecule has 0 aliphatic rings. The minimum atomic E-state index is 0.316. The molecule has 0 bridgehead atoms. The SMILES string of the molecule is Cc1ccnn1CC(C)(C)C. The molecule has 1 heterocycles. The molecule has 0 saturated carbocycles. The standard InChI is InChI=1S/C9H16N2/c1-8-5-6-10-11(8)7-9(2,3)4/h5-6H,7H2,1-4H3. The second-order valence-corrected chi connectivity index (χ2v) is 4.19. The fourth-order valence-electron chi connectivity index (χ4n) is 1.01. The van der Waals surface area contributed by atoms with Gasteiger partial charge in [0.15, 0.2) is 0 Å². The summed E-state index contributed by atoms with van der Waals surface area (Å²) >= 11 is 0. The minimum Gasteiger partial charge on any atom is -0.269 e. The van der Waals surface area contributed by atoms with E-state index < -0.39 is 0 Å². The molecule has 62 valence electrons. The first-order valence-corrected chi connectivity index (χ1v) is 3.97. The van der Waals surface area contributed by atoms with Crippen molar-refractivity contribution in [1.29, 1.82) is 0 Å². The Morgan fingerprint density at radius 1 is 1.45 bits per heavy atom. The van der Waals surface area contributed by atoms with Crippen LogP contribution in [0, 0.1) is 12.3 Å². The van der Waals surface area contributed by atoms with Crippen LogP contribution in [-0.2, 0) is 6.54 Å². The molecule has 1 aromatic rings.